The molecule has 1 atom stereocenters. The molecular weight excluding hydrogens is 436 g/mol. The van der Waals surface area contributed by atoms with Gasteiger partial charge in [-0.05, 0) is 30.7 Å². The third kappa shape index (κ3) is 3.56. The van der Waals surface area contributed by atoms with Crippen LogP contribution in [0.3, 0.4) is 0 Å². The number of fused-ring (bicyclic) bond motifs is 1. The maximum atomic E-state index is 13.3. The average Bonchev–Trinajstić information content (AvgIpc) is 3.37. The lowest BCUT2D eigenvalue weighted by Crippen LogP contribution is -2.29. The van der Waals surface area contributed by atoms with Crippen molar-refractivity contribution in [1.29, 1.82) is 0 Å². The Labute approximate surface area is 194 Å². The second-order valence-electron chi connectivity index (χ2n) is 7.78. The summed E-state index contributed by atoms with van der Waals surface area (Å²) in [5, 5.41) is 11.5. The van der Waals surface area contributed by atoms with Gasteiger partial charge in [0.15, 0.2) is 5.13 Å². The molecule has 7 heteroatoms. The third-order valence-electron chi connectivity index (χ3n) is 5.68. The normalized spacial score (nSPS) is 17.6. The number of carbonyl (C=O) groups excluding carboxylic acids is 2. The van der Waals surface area contributed by atoms with Crippen LogP contribution >= 0.6 is 11.3 Å². The topological polar surface area (TPSA) is 79.7 Å². The number of Topliss-reactive ketones (excluding diaryl/α,β-unsaturated/α-hetero) is 1. The zero-order valence-electron chi connectivity index (χ0n) is 18.0. The van der Waals surface area contributed by atoms with Crippen LogP contribution in [0.4, 0.5) is 5.13 Å². The van der Waals surface area contributed by atoms with Crippen LogP contribution in [0.2, 0.25) is 0 Å². The SMILES string of the molecule is COc1ccc2nc(N3C(=O)C(=O)C(=C(O)c4ccccc4)[C@H]3c3ccc(C)cc3)sc2c1. The van der Waals surface area contributed by atoms with E-state index in [0.29, 0.717) is 27.5 Å². The summed E-state index contributed by atoms with van der Waals surface area (Å²) in [6, 6.07) is 21.0. The Morgan fingerprint density at radius 3 is 2.45 bits per heavy atom. The van der Waals surface area contributed by atoms with Crippen molar-refractivity contribution < 1.29 is 19.4 Å². The molecule has 0 radical (unpaired) electrons. The molecule has 2 heterocycles. The first-order valence-corrected chi connectivity index (χ1v) is 11.2. The van der Waals surface area contributed by atoms with Crippen molar-refractivity contribution in [3.8, 4) is 5.75 Å². The van der Waals surface area contributed by atoms with Crippen molar-refractivity contribution >= 4 is 44.1 Å². The van der Waals surface area contributed by atoms with Gasteiger partial charge in [-0.25, -0.2) is 4.98 Å². The molecule has 33 heavy (non-hydrogen) atoms. The van der Waals surface area contributed by atoms with Gasteiger partial charge >= 0.3 is 5.91 Å². The van der Waals surface area contributed by atoms with E-state index in [1.54, 1.807) is 37.4 Å². The van der Waals surface area contributed by atoms with Crippen LogP contribution in [0.25, 0.3) is 16.0 Å². The fraction of sp³-hybridized carbons (Fsp3) is 0.115. The predicted octanol–water partition coefficient (Wildman–Crippen LogP) is 5.24. The smallest absolute Gasteiger partial charge is 0.301 e. The van der Waals surface area contributed by atoms with Gasteiger partial charge in [0.05, 0.1) is 28.9 Å². The number of hydrogen-bond acceptors (Lipinski definition) is 6. The van der Waals surface area contributed by atoms with E-state index >= 15 is 0 Å². The number of aromatic nitrogens is 1. The summed E-state index contributed by atoms with van der Waals surface area (Å²) in [5.74, 6) is -0.980. The number of hydrogen-bond donors (Lipinski definition) is 1. The molecule has 6 nitrogen and oxygen atoms in total. The minimum Gasteiger partial charge on any atom is -0.507 e. The van der Waals surface area contributed by atoms with Crippen LogP contribution < -0.4 is 9.64 Å². The highest BCUT2D eigenvalue weighted by Crippen LogP contribution is 2.44. The van der Waals surface area contributed by atoms with Crippen LogP contribution in [-0.2, 0) is 9.59 Å². The molecule has 5 rings (SSSR count). The summed E-state index contributed by atoms with van der Waals surface area (Å²) in [4.78, 5) is 32.5. The molecule has 1 aliphatic rings. The standard InChI is InChI=1S/C26H20N2O4S/c1-15-8-10-16(11-9-15)22-21(23(29)17-6-4-3-5-7-17)24(30)25(31)28(22)26-27-19-13-12-18(32-2)14-20(19)33-26/h3-14,22,29H,1-2H3/t22-/m1/s1. The number of methoxy groups -OCH3 is 1. The first kappa shape index (κ1) is 20.9. The first-order chi connectivity index (χ1) is 16.0. The highest BCUT2D eigenvalue weighted by Gasteiger charge is 2.48. The maximum Gasteiger partial charge on any atom is 0.301 e. The lowest BCUT2D eigenvalue weighted by Gasteiger charge is -2.23. The monoisotopic (exact) mass is 456 g/mol. The minimum atomic E-state index is -0.798. The fourth-order valence-electron chi connectivity index (χ4n) is 3.97. The van der Waals surface area contributed by atoms with E-state index in [-0.39, 0.29) is 11.3 Å². The fourth-order valence-corrected chi connectivity index (χ4v) is 4.99. The number of ether oxygens (including phenoxy) is 1. The van der Waals surface area contributed by atoms with E-state index < -0.39 is 17.7 Å². The first-order valence-electron chi connectivity index (χ1n) is 10.4. The number of aliphatic hydroxyl groups excluding tert-OH is 1. The molecule has 1 aliphatic heterocycles. The van der Waals surface area contributed by atoms with Crippen molar-refractivity contribution in [1.82, 2.24) is 4.98 Å². The maximum absolute atomic E-state index is 13.3. The molecule has 1 amide bonds. The van der Waals surface area contributed by atoms with E-state index in [9.17, 15) is 14.7 Å². The summed E-state index contributed by atoms with van der Waals surface area (Å²) in [5.41, 5.74) is 2.98. The lowest BCUT2D eigenvalue weighted by atomic mass is 9.95. The molecule has 0 aliphatic carbocycles. The molecule has 1 aromatic heterocycles. The van der Waals surface area contributed by atoms with Crippen molar-refractivity contribution in [2.24, 2.45) is 0 Å². The Bertz CT molecular complexity index is 1410. The van der Waals surface area contributed by atoms with E-state index in [0.717, 1.165) is 10.3 Å². The number of amides is 1. The molecular formula is C26H20N2O4S. The molecule has 4 aromatic rings. The van der Waals surface area contributed by atoms with Gasteiger partial charge in [-0.1, -0.05) is 71.5 Å². The quantitative estimate of drug-likeness (QED) is 0.258. The number of aliphatic hydroxyl groups is 1. The van der Waals surface area contributed by atoms with Crippen molar-refractivity contribution in [3.05, 3.63) is 95.1 Å². The molecule has 1 fully saturated rings. The summed E-state index contributed by atoms with van der Waals surface area (Å²) >= 11 is 1.30. The number of anilines is 1. The van der Waals surface area contributed by atoms with E-state index in [2.05, 4.69) is 4.98 Å². The van der Waals surface area contributed by atoms with Crippen molar-refractivity contribution in [2.75, 3.05) is 12.0 Å². The zero-order valence-corrected chi connectivity index (χ0v) is 18.8. The Morgan fingerprint density at radius 2 is 1.76 bits per heavy atom. The van der Waals surface area contributed by atoms with E-state index in [4.69, 9.17) is 4.74 Å². The molecule has 164 valence electrons. The zero-order chi connectivity index (χ0) is 23.1. The molecule has 0 saturated carbocycles. The number of ketones is 1. The van der Waals surface area contributed by atoms with Gasteiger partial charge in [-0.2, -0.15) is 0 Å². The van der Waals surface area contributed by atoms with Gasteiger partial charge < -0.3 is 9.84 Å². The van der Waals surface area contributed by atoms with Gasteiger partial charge in [-0.15, -0.1) is 0 Å². The van der Waals surface area contributed by atoms with Crippen molar-refractivity contribution in [3.63, 3.8) is 0 Å². The van der Waals surface area contributed by atoms with Crippen molar-refractivity contribution in [2.45, 2.75) is 13.0 Å². The van der Waals surface area contributed by atoms with Gasteiger partial charge in [-0.3, -0.25) is 14.5 Å². The summed E-state index contributed by atoms with van der Waals surface area (Å²) < 4.78 is 6.13. The van der Waals surface area contributed by atoms with Gasteiger partial charge in [0.2, 0.25) is 0 Å². The Balaban J connectivity index is 1.72. The molecule has 1 N–H and O–H groups in total. The Morgan fingerprint density at radius 1 is 1.03 bits per heavy atom. The van der Waals surface area contributed by atoms with Crippen LogP contribution in [0.5, 0.6) is 5.75 Å². The number of thiazole rings is 1. The number of rotatable bonds is 4. The minimum absolute atomic E-state index is 0.0480. The molecule has 0 bridgehead atoms. The largest absolute Gasteiger partial charge is 0.507 e. The highest BCUT2D eigenvalue weighted by molar-refractivity contribution is 7.22. The summed E-state index contributed by atoms with van der Waals surface area (Å²) in [6.07, 6.45) is 0. The Kier molecular flexibility index (Phi) is 5.18. The Hall–Kier alpha value is -3.97. The second kappa shape index (κ2) is 8.18. The highest BCUT2D eigenvalue weighted by atomic mass is 32.1. The predicted molar refractivity (Wildman–Crippen MR) is 129 cm³/mol. The molecule has 0 unspecified atom stereocenters. The van der Waals surface area contributed by atoms with Crippen LogP contribution in [0.1, 0.15) is 22.7 Å². The molecule has 0 spiro atoms. The van der Waals surface area contributed by atoms with Gasteiger partial charge in [0.1, 0.15) is 11.5 Å². The number of nitrogens with zero attached hydrogens (tertiary/aromatic N) is 2. The summed E-state index contributed by atoms with van der Waals surface area (Å²) in [6.45, 7) is 1.96. The summed E-state index contributed by atoms with van der Waals surface area (Å²) in [7, 11) is 1.59. The van der Waals surface area contributed by atoms with Crippen LogP contribution in [-0.4, -0.2) is 28.9 Å². The van der Waals surface area contributed by atoms with Gasteiger partial charge in [0, 0.05) is 5.56 Å². The van der Waals surface area contributed by atoms with Gasteiger partial charge in [0.25, 0.3) is 5.78 Å². The second-order valence-corrected chi connectivity index (χ2v) is 8.79. The van der Waals surface area contributed by atoms with Crippen LogP contribution in [0.15, 0.2) is 78.4 Å². The molecule has 3 aromatic carbocycles. The average molecular weight is 457 g/mol. The third-order valence-corrected chi connectivity index (χ3v) is 6.69. The van der Waals surface area contributed by atoms with E-state index in [1.165, 1.54) is 16.2 Å². The number of carbonyl (C=O) groups is 2. The van der Waals surface area contributed by atoms with E-state index in [1.807, 2.05) is 49.4 Å². The lowest BCUT2D eigenvalue weighted by molar-refractivity contribution is -0.132. The molecule has 1 saturated heterocycles. The number of benzene rings is 3. The number of aryl methyl sites for hydroxylation is 1. The van der Waals surface area contributed by atoms with Crippen LogP contribution in [0, 0.1) is 6.92 Å².